The van der Waals surface area contributed by atoms with Crippen molar-refractivity contribution < 1.29 is 4.39 Å². The van der Waals surface area contributed by atoms with Crippen LogP contribution in [0.25, 0.3) is 0 Å². The SMILES string of the molecule is Cc1cc(F)c(Br)cc1Nc1cc(Cl)ccc1N. The van der Waals surface area contributed by atoms with Crippen LogP contribution in [0, 0.1) is 12.7 Å². The highest BCUT2D eigenvalue weighted by molar-refractivity contribution is 9.10. The molecule has 0 saturated heterocycles. The Morgan fingerprint density at radius 1 is 1.22 bits per heavy atom. The number of nitrogens with one attached hydrogen (secondary N) is 1. The Balaban J connectivity index is 2.40. The highest BCUT2D eigenvalue weighted by atomic mass is 79.9. The molecule has 0 bridgehead atoms. The Kier molecular flexibility index (Phi) is 3.78. The summed E-state index contributed by atoms with van der Waals surface area (Å²) in [4.78, 5) is 0. The van der Waals surface area contributed by atoms with Crippen LogP contribution in [-0.4, -0.2) is 0 Å². The van der Waals surface area contributed by atoms with Crippen molar-refractivity contribution in [2.24, 2.45) is 0 Å². The van der Waals surface area contributed by atoms with Crippen molar-refractivity contribution in [3.8, 4) is 0 Å². The minimum absolute atomic E-state index is 0.294. The predicted octanol–water partition coefficient (Wildman–Crippen LogP) is 4.88. The lowest BCUT2D eigenvalue weighted by Gasteiger charge is -2.13. The van der Waals surface area contributed by atoms with Crippen molar-refractivity contribution in [1.29, 1.82) is 0 Å². The van der Waals surface area contributed by atoms with E-state index >= 15 is 0 Å². The number of anilines is 3. The van der Waals surface area contributed by atoms with Gasteiger partial charge < -0.3 is 11.1 Å². The molecule has 5 heteroatoms. The fraction of sp³-hybridized carbons (Fsp3) is 0.0769. The number of hydrogen-bond acceptors (Lipinski definition) is 2. The van der Waals surface area contributed by atoms with E-state index in [0.717, 1.165) is 11.3 Å². The minimum atomic E-state index is -0.294. The molecular formula is C13H11BrClFN2. The lowest BCUT2D eigenvalue weighted by atomic mass is 10.2. The number of aryl methyl sites for hydroxylation is 1. The van der Waals surface area contributed by atoms with Crippen LogP contribution >= 0.6 is 27.5 Å². The molecule has 0 saturated carbocycles. The molecule has 0 atom stereocenters. The highest BCUT2D eigenvalue weighted by Crippen LogP contribution is 2.30. The molecule has 0 radical (unpaired) electrons. The molecule has 18 heavy (non-hydrogen) atoms. The summed E-state index contributed by atoms with van der Waals surface area (Å²) >= 11 is 9.07. The number of nitrogen functional groups attached to an aromatic ring is 1. The molecule has 2 aromatic carbocycles. The number of nitrogens with two attached hydrogens (primary N) is 1. The first-order valence-electron chi connectivity index (χ1n) is 5.25. The molecule has 0 amide bonds. The van der Waals surface area contributed by atoms with Crippen molar-refractivity contribution in [3.63, 3.8) is 0 Å². The summed E-state index contributed by atoms with van der Waals surface area (Å²) in [6, 6.07) is 8.29. The van der Waals surface area contributed by atoms with Crippen LogP contribution in [0.5, 0.6) is 0 Å². The summed E-state index contributed by atoms with van der Waals surface area (Å²) < 4.78 is 13.7. The highest BCUT2D eigenvalue weighted by Gasteiger charge is 2.07. The zero-order valence-corrected chi connectivity index (χ0v) is 11.9. The van der Waals surface area contributed by atoms with Gasteiger partial charge in [0.1, 0.15) is 5.82 Å². The zero-order valence-electron chi connectivity index (χ0n) is 9.60. The van der Waals surface area contributed by atoms with Gasteiger partial charge in [-0.2, -0.15) is 0 Å². The second-order valence-electron chi connectivity index (χ2n) is 3.94. The third kappa shape index (κ3) is 2.76. The molecule has 2 nitrogen and oxygen atoms in total. The third-order valence-electron chi connectivity index (χ3n) is 2.55. The predicted molar refractivity (Wildman–Crippen MR) is 78.0 cm³/mol. The molecule has 0 aliphatic carbocycles. The summed E-state index contributed by atoms with van der Waals surface area (Å²) in [5.74, 6) is -0.294. The van der Waals surface area contributed by atoms with Crippen molar-refractivity contribution in [2.75, 3.05) is 11.1 Å². The zero-order chi connectivity index (χ0) is 13.3. The summed E-state index contributed by atoms with van der Waals surface area (Å²) in [5.41, 5.74) is 8.69. The Hall–Kier alpha value is -1.26. The molecule has 0 aliphatic heterocycles. The molecule has 0 heterocycles. The second-order valence-corrected chi connectivity index (χ2v) is 5.23. The number of halogens is 3. The minimum Gasteiger partial charge on any atom is -0.397 e. The van der Waals surface area contributed by atoms with Gasteiger partial charge in [0.15, 0.2) is 0 Å². The van der Waals surface area contributed by atoms with Crippen LogP contribution in [0.2, 0.25) is 5.02 Å². The van der Waals surface area contributed by atoms with Crippen molar-refractivity contribution >= 4 is 44.6 Å². The first-order valence-corrected chi connectivity index (χ1v) is 6.42. The maximum atomic E-state index is 13.3. The van der Waals surface area contributed by atoms with Gasteiger partial charge >= 0.3 is 0 Å². The maximum Gasteiger partial charge on any atom is 0.137 e. The monoisotopic (exact) mass is 328 g/mol. The van der Waals surface area contributed by atoms with Crippen LogP contribution in [0.15, 0.2) is 34.8 Å². The second kappa shape index (κ2) is 5.16. The van der Waals surface area contributed by atoms with Gasteiger partial charge in [-0.25, -0.2) is 4.39 Å². The molecule has 94 valence electrons. The van der Waals surface area contributed by atoms with Crippen LogP contribution in [-0.2, 0) is 0 Å². The quantitative estimate of drug-likeness (QED) is 0.771. The van der Waals surface area contributed by atoms with Crippen LogP contribution in [0.3, 0.4) is 0 Å². The van der Waals surface area contributed by atoms with Crippen molar-refractivity contribution in [1.82, 2.24) is 0 Å². The molecular weight excluding hydrogens is 319 g/mol. The molecule has 0 aromatic heterocycles. The standard InChI is InChI=1S/C13H11BrClFN2/c1-7-4-10(16)9(14)6-12(7)18-13-5-8(15)2-3-11(13)17/h2-6,18H,17H2,1H3. The largest absolute Gasteiger partial charge is 0.397 e. The average Bonchev–Trinajstić information content (AvgIpc) is 2.30. The van der Waals surface area contributed by atoms with Crippen molar-refractivity contribution in [2.45, 2.75) is 6.92 Å². The van der Waals surface area contributed by atoms with E-state index in [1.54, 1.807) is 24.3 Å². The first kappa shape index (κ1) is 13.2. The summed E-state index contributed by atoms with van der Waals surface area (Å²) in [5, 5.41) is 3.73. The normalized spacial score (nSPS) is 10.4. The molecule has 0 fully saturated rings. The summed E-state index contributed by atoms with van der Waals surface area (Å²) in [6.07, 6.45) is 0. The smallest absolute Gasteiger partial charge is 0.137 e. The Morgan fingerprint density at radius 3 is 2.67 bits per heavy atom. The average molecular weight is 330 g/mol. The van der Waals surface area contributed by atoms with Gasteiger partial charge in [-0.05, 0) is 58.7 Å². The molecule has 0 aliphatic rings. The first-order chi connectivity index (χ1) is 8.47. The molecule has 3 N–H and O–H groups in total. The Labute approximate surface area is 118 Å². The third-order valence-corrected chi connectivity index (χ3v) is 3.39. The summed E-state index contributed by atoms with van der Waals surface area (Å²) in [6.45, 7) is 1.82. The molecule has 2 aromatic rings. The van der Waals surface area contributed by atoms with Gasteiger partial charge in [-0.15, -0.1) is 0 Å². The van der Waals surface area contributed by atoms with E-state index in [1.807, 2.05) is 6.92 Å². The van der Waals surface area contributed by atoms with Crippen LogP contribution < -0.4 is 11.1 Å². The van der Waals surface area contributed by atoms with Gasteiger partial charge in [0.25, 0.3) is 0 Å². The van der Waals surface area contributed by atoms with Gasteiger partial charge in [0.05, 0.1) is 15.8 Å². The van der Waals surface area contributed by atoms with Gasteiger partial charge in [-0.3, -0.25) is 0 Å². The topological polar surface area (TPSA) is 38.0 Å². The Morgan fingerprint density at radius 2 is 1.94 bits per heavy atom. The van der Waals surface area contributed by atoms with Crippen LogP contribution in [0.1, 0.15) is 5.56 Å². The van der Waals surface area contributed by atoms with Gasteiger partial charge in [0, 0.05) is 10.7 Å². The maximum absolute atomic E-state index is 13.3. The van der Waals surface area contributed by atoms with E-state index in [9.17, 15) is 4.39 Å². The van der Waals surface area contributed by atoms with Gasteiger partial charge in [-0.1, -0.05) is 11.6 Å². The van der Waals surface area contributed by atoms with E-state index in [1.165, 1.54) is 6.07 Å². The summed E-state index contributed by atoms with van der Waals surface area (Å²) in [7, 11) is 0. The number of benzene rings is 2. The van der Waals surface area contributed by atoms with E-state index in [4.69, 9.17) is 17.3 Å². The van der Waals surface area contributed by atoms with Gasteiger partial charge in [0.2, 0.25) is 0 Å². The molecule has 2 rings (SSSR count). The van der Waals surface area contributed by atoms with E-state index in [-0.39, 0.29) is 5.82 Å². The number of rotatable bonds is 2. The van der Waals surface area contributed by atoms with E-state index < -0.39 is 0 Å². The fourth-order valence-corrected chi connectivity index (χ4v) is 2.08. The number of hydrogen-bond donors (Lipinski definition) is 2. The lowest BCUT2D eigenvalue weighted by Crippen LogP contribution is -1.98. The fourth-order valence-electron chi connectivity index (χ4n) is 1.56. The van der Waals surface area contributed by atoms with Crippen molar-refractivity contribution in [3.05, 3.63) is 51.2 Å². The molecule has 0 spiro atoms. The Bertz CT molecular complexity index is 602. The van der Waals surface area contributed by atoms with Crippen LogP contribution in [0.4, 0.5) is 21.5 Å². The lowest BCUT2D eigenvalue weighted by molar-refractivity contribution is 0.620. The molecule has 0 unspecified atom stereocenters. The van der Waals surface area contributed by atoms with E-state index in [0.29, 0.717) is 20.9 Å². The van der Waals surface area contributed by atoms with E-state index in [2.05, 4.69) is 21.2 Å².